The standard InChI is InChI=1S/C10H18N2O2/c1-8(2)6-11-7-12-5-3-4-9(12)10(13)14/h9,11H,1,3-7H2,2H3,(H,13,14)/t9-/m1/s1. The first-order valence-corrected chi connectivity index (χ1v) is 4.93. The summed E-state index contributed by atoms with van der Waals surface area (Å²) in [6.07, 6.45) is 1.75. The fourth-order valence-electron chi connectivity index (χ4n) is 1.71. The molecule has 0 bridgehead atoms. The maximum Gasteiger partial charge on any atom is 0.320 e. The summed E-state index contributed by atoms with van der Waals surface area (Å²) in [6, 6.07) is -0.298. The molecule has 0 spiro atoms. The maximum atomic E-state index is 10.8. The van der Waals surface area contributed by atoms with Gasteiger partial charge in [-0.15, -0.1) is 0 Å². The van der Waals surface area contributed by atoms with Crippen molar-refractivity contribution in [2.45, 2.75) is 25.8 Å². The Bertz CT molecular complexity index is 228. The summed E-state index contributed by atoms with van der Waals surface area (Å²) >= 11 is 0. The smallest absolute Gasteiger partial charge is 0.320 e. The lowest BCUT2D eigenvalue weighted by Crippen LogP contribution is -2.42. The van der Waals surface area contributed by atoms with E-state index in [9.17, 15) is 4.79 Å². The van der Waals surface area contributed by atoms with Gasteiger partial charge in [0.15, 0.2) is 0 Å². The number of carboxylic acids is 1. The van der Waals surface area contributed by atoms with Gasteiger partial charge in [0.05, 0.1) is 0 Å². The number of carbonyl (C=O) groups is 1. The molecular weight excluding hydrogens is 180 g/mol. The highest BCUT2D eigenvalue weighted by molar-refractivity contribution is 5.73. The molecule has 1 saturated heterocycles. The molecule has 1 aliphatic rings. The summed E-state index contributed by atoms with van der Waals surface area (Å²) in [5.74, 6) is -0.709. The van der Waals surface area contributed by atoms with E-state index in [0.717, 1.165) is 31.5 Å². The average Bonchev–Trinajstić information content (AvgIpc) is 2.51. The summed E-state index contributed by atoms with van der Waals surface area (Å²) < 4.78 is 0. The van der Waals surface area contributed by atoms with Gasteiger partial charge in [-0.3, -0.25) is 9.69 Å². The van der Waals surface area contributed by atoms with E-state index < -0.39 is 5.97 Å². The lowest BCUT2D eigenvalue weighted by molar-refractivity contribution is -0.142. The third kappa shape index (κ3) is 3.12. The predicted molar refractivity (Wildman–Crippen MR) is 55.0 cm³/mol. The molecule has 2 N–H and O–H groups in total. The zero-order valence-corrected chi connectivity index (χ0v) is 8.62. The summed E-state index contributed by atoms with van der Waals surface area (Å²) in [5.41, 5.74) is 1.07. The van der Waals surface area contributed by atoms with Crippen molar-refractivity contribution in [3.8, 4) is 0 Å². The van der Waals surface area contributed by atoms with Crippen molar-refractivity contribution >= 4 is 5.97 Å². The molecule has 0 aromatic rings. The third-order valence-electron chi connectivity index (χ3n) is 2.39. The van der Waals surface area contributed by atoms with Crippen molar-refractivity contribution in [1.82, 2.24) is 10.2 Å². The molecule has 1 fully saturated rings. The summed E-state index contributed by atoms with van der Waals surface area (Å²) in [4.78, 5) is 12.8. The molecule has 4 heteroatoms. The van der Waals surface area contributed by atoms with E-state index in [0.29, 0.717) is 6.67 Å². The summed E-state index contributed by atoms with van der Waals surface area (Å²) in [7, 11) is 0. The van der Waals surface area contributed by atoms with Crippen molar-refractivity contribution in [3.05, 3.63) is 12.2 Å². The third-order valence-corrected chi connectivity index (χ3v) is 2.39. The average molecular weight is 198 g/mol. The van der Waals surface area contributed by atoms with Crippen LogP contribution in [0.1, 0.15) is 19.8 Å². The number of nitrogens with one attached hydrogen (secondary N) is 1. The Kier molecular flexibility index (Phi) is 4.10. The van der Waals surface area contributed by atoms with E-state index in [1.165, 1.54) is 0 Å². The molecule has 0 aromatic heterocycles. The van der Waals surface area contributed by atoms with Gasteiger partial charge in [0.25, 0.3) is 0 Å². The second kappa shape index (κ2) is 5.12. The van der Waals surface area contributed by atoms with Crippen LogP contribution in [0.25, 0.3) is 0 Å². The topological polar surface area (TPSA) is 52.6 Å². The van der Waals surface area contributed by atoms with E-state index in [1.807, 2.05) is 11.8 Å². The Balaban J connectivity index is 2.29. The van der Waals surface area contributed by atoms with Crippen LogP contribution in [0.5, 0.6) is 0 Å². The quantitative estimate of drug-likeness (QED) is 0.637. The zero-order valence-electron chi connectivity index (χ0n) is 8.62. The highest BCUT2D eigenvalue weighted by atomic mass is 16.4. The monoisotopic (exact) mass is 198 g/mol. The van der Waals surface area contributed by atoms with Crippen LogP contribution in [-0.4, -0.2) is 41.8 Å². The Hall–Kier alpha value is -0.870. The minimum Gasteiger partial charge on any atom is -0.480 e. The van der Waals surface area contributed by atoms with Gasteiger partial charge in [0.1, 0.15) is 6.04 Å². The molecule has 1 aliphatic heterocycles. The first-order chi connectivity index (χ1) is 6.61. The van der Waals surface area contributed by atoms with Crippen LogP contribution < -0.4 is 5.32 Å². The lowest BCUT2D eigenvalue weighted by atomic mass is 10.2. The fraction of sp³-hybridized carbons (Fsp3) is 0.700. The van der Waals surface area contributed by atoms with Gasteiger partial charge >= 0.3 is 5.97 Å². The minimum atomic E-state index is -0.709. The normalized spacial score (nSPS) is 22.5. The van der Waals surface area contributed by atoms with Gasteiger partial charge < -0.3 is 10.4 Å². The fourth-order valence-corrected chi connectivity index (χ4v) is 1.71. The van der Waals surface area contributed by atoms with Gasteiger partial charge in [-0.05, 0) is 19.8 Å². The Morgan fingerprint density at radius 2 is 2.43 bits per heavy atom. The van der Waals surface area contributed by atoms with E-state index >= 15 is 0 Å². The highest BCUT2D eigenvalue weighted by Gasteiger charge is 2.29. The Morgan fingerprint density at radius 1 is 1.71 bits per heavy atom. The van der Waals surface area contributed by atoms with Crippen molar-refractivity contribution in [1.29, 1.82) is 0 Å². The Morgan fingerprint density at radius 3 is 3.00 bits per heavy atom. The number of hydrogen-bond donors (Lipinski definition) is 2. The van der Waals surface area contributed by atoms with Crippen LogP contribution in [-0.2, 0) is 4.79 Å². The first-order valence-electron chi connectivity index (χ1n) is 4.93. The van der Waals surface area contributed by atoms with E-state index in [4.69, 9.17) is 5.11 Å². The molecule has 1 atom stereocenters. The molecule has 0 aromatic carbocycles. The van der Waals surface area contributed by atoms with Gasteiger partial charge in [-0.1, -0.05) is 12.2 Å². The summed E-state index contributed by atoms with van der Waals surface area (Å²) in [5, 5.41) is 12.1. The largest absolute Gasteiger partial charge is 0.480 e. The van der Waals surface area contributed by atoms with E-state index in [-0.39, 0.29) is 6.04 Å². The van der Waals surface area contributed by atoms with Crippen LogP contribution in [0.2, 0.25) is 0 Å². The molecule has 80 valence electrons. The molecular formula is C10H18N2O2. The number of aliphatic carboxylic acids is 1. The molecule has 14 heavy (non-hydrogen) atoms. The molecule has 0 radical (unpaired) electrons. The zero-order chi connectivity index (χ0) is 10.6. The van der Waals surface area contributed by atoms with Crippen LogP contribution in [0.3, 0.4) is 0 Å². The molecule has 0 aliphatic carbocycles. The lowest BCUT2D eigenvalue weighted by Gasteiger charge is -2.21. The molecule has 1 heterocycles. The van der Waals surface area contributed by atoms with Crippen molar-refractivity contribution in [3.63, 3.8) is 0 Å². The van der Waals surface area contributed by atoms with Crippen LogP contribution >= 0.6 is 0 Å². The van der Waals surface area contributed by atoms with Crippen molar-refractivity contribution < 1.29 is 9.90 Å². The molecule has 4 nitrogen and oxygen atoms in total. The number of hydrogen-bond acceptors (Lipinski definition) is 3. The minimum absolute atomic E-state index is 0.298. The van der Waals surface area contributed by atoms with Gasteiger partial charge in [-0.2, -0.15) is 0 Å². The second-order valence-electron chi connectivity index (χ2n) is 3.85. The molecule has 0 amide bonds. The van der Waals surface area contributed by atoms with Gasteiger partial charge in [0.2, 0.25) is 0 Å². The number of likely N-dealkylation sites (tertiary alicyclic amines) is 1. The second-order valence-corrected chi connectivity index (χ2v) is 3.85. The van der Waals surface area contributed by atoms with E-state index in [2.05, 4.69) is 11.9 Å². The van der Waals surface area contributed by atoms with Crippen LogP contribution in [0, 0.1) is 0 Å². The van der Waals surface area contributed by atoms with Crippen LogP contribution in [0.4, 0.5) is 0 Å². The first kappa shape index (κ1) is 11.2. The van der Waals surface area contributed by atoms with Crippen molar-refractivity contribution in [2.24, 2.45) is 0 Å². The number of carboxylic acid groups (broad SMARTS) is 1. The highest BCUT2D eigenvalue weighted by Crippen LogP contribution is 2.15. The Labute approximate surface area is 84.6 Å². The molecule has 0 saturated carbocycles. The van der Waals surface area contributed by atoms with Gasteiger partial charge in [0, 0.05) is 19.8 Å². The molecule has 0 unspecified atom stereocenters. The van der Waals surface area contributed by atoms with Crippen LogP contribution in [0.15, 0.2) is 12.2 Å². The van der Waals surface area contributed by atoms with E-state index in [1.54, 1.807) is 0 Å². The van der Waals surface area contributed by atoms with Gasteiger partial charge in [-0.25, -0.2) is 0 Å². The predicted octanol–water partition coefficient (Wildman–Crippen LogP) is 0.659. The summed E-state index contributed by atoms with van der Waals surface area (Å²) in [6.45, 7) is 8.00. The molecule has 1 rings (SSSR count). The maximum absolute atomic E-state index is 10.8. The van der Waals surface area contributed by atoms with Crippen molar-refractivity contribution in [2.75, 3.05) is 19.8 Å². The number of rotatable bonds is 5. The SMILES string of the molecule is C=C(C)CNCN1CCC[C@@H]1C(=O)O. The number of nitrogens with zero attached hydrogens (tertiary/aromatic N) is 1.